The first-order valence-corrected chi connectivity index (χ1v) is 7.96. The van der Waals surface area contributed by atoms with Gasteiger partial charge in [0.25, 0.3) is 0 Å². The molecule has 1 saturated carbocycles. The molecule has 1 aliphatic heterocycles. The molecule has 1 heterocycles. The van der Waals surface area contributed by atoms with E-state index >= 15 is 0 Å². The second kappa shape index (κ2) is 4.97. The van der Waals surface area contributed by atoms with Crippen LogP contribution in [0.5, 0.6) is 0 Å². The fraction of sp³-hybridized carbons (Fsp3) is 1.00. The molecule has 0 aromatic rings. The Balaban J connectivity index is 1.93. The third-order valence-corrected chi connectivity index (χ3v) is 5.68. The van der Waals surface area contributed by atoms with Crippen molar-refractivity contribution in [3.05, 3.63) is 0 Å². The van der Waals surface area contributed by atoms with Crippen molar-refractivity contribution in [2.24, 2.45) is 10.8 Å². The van der Waals surface area contributed by atoms with Gasteiger partial charge in [-0.1, -0.05) is 42.6 Å². The van der Waals surface area contributed by atoms with Crippen molar-refractivity contribution in [2.75, 3.05) is 25.0 Å². The highest BCUT2D eigenvalue weighted by atomic mass is 79.9. The largest absolute Gasteiger partial charge is 0.302 e. The van der Waals surface area contributed by atoms with Gasteiger partial charge in [-0.3, -0.25) is 0 Å². The number of likely N-dealkylation sites (tertiary alicyclic amines) is 1. The third kappa shape index (κ3) is 3.01. The number of halogens is 1. The van der Waals surface area contributed by atoms with E-state index in [9.17, 15) is 0 Å². The maximum absolute atomic E-state index is 3.76. The third-order valence-electron chi connectivity index (χ3n) is 4.49. The molecule has 1 saturated heterocycles. The predicted octanol–water partition coefficient (Wildman–Crippen LogP) is 4.06. The Bertz CT molecular complexity index is 231. The summed E-state index contributed by atoms with van der Waals surface area (Å²) >= 11 is 3.76. The first-order chi connectivity index (χ1) is 7.55. The van der Waals surface area contributed by atoms with Gasteiger partial charge in [0.05, 0.1) is 0 Å². The van der Waals surface area contributed by atoms with Crippen molar-refractivity contribution < 1.29 is 0 Å². The minimum absolute atomic E-state index is 0.546. The van der Waals surface area contributed by atoms with Crippen LogP contribution in [0.15, 0.2) is 0 Å². The highest BCUT2D eigenvalue weighted by Crippen LogP contribution is 2.41. The summed E-state index contributed by atoms with van der Waals surface area (Å²) < 4.78 is 0. The monoisotopic (exact) mass is 287 g/mol. The fourth-order valence-electron chi connectivity index (χ4n) is 3.61. The lowest BCUT2D eigenvalue weighted by Gasteiger charge is -2.42. The van der Waals surface area contributed by atoms with Gasteiger partial charge in [0.15, 0.2) is 0 Å². The summed E-state index contributed by atoms with van der Waals surface area (Å²) in [4.78, 5) is 2.73. The Labute approximate surface area is 109 Å². The van der Waals surface area contributed by atoms with Gasteiger partial charge >= 0.3 is 0 Å². The summed E-state index contributed by atoms with van der Waals surface area (Å²) in [6.07, 6.45) is 8.58. The minimum atomic E-state index is 0.546. The van der Waals surface area contributed by atoms with E-state index in [4.69, 9.17) is 0 Å². The number of nitrogens with zero attached hydrogens (tertiary/aromatic N) is 1. The summed E-state index contributed by atoms with van der Waals surface area (Å²) in [7, 11) is 0. The Morgan fingerprint density at radius 2 is 1.75 bits per heavy atom. The van der Waals surface area contributed by atoms with Crippen molar-refractivity contribution in [3.8, 4) is 0 Å². The summed E-state index contributed by atoms with van der Waals surface area (Å²) in [5.74, 6) is 0. The van der Waals surface area contributed by atoms with Crippen LogP contribution in [0.25, 0.3) is 0 Å². The van der Waals surface area contributed by atoms with Gasteiger partial charge in [-0.2, -0.15) is 0 Å². The van der Waals surface area contributed by atoms with Gasteiger partial charge in [-0.15, -0.1) is 0 Å². The lowest BCUT2D eigenvalue weighted by molar-refractivity contribution is 0.0790. The maximum Gasteiger partial charge on any atom is 0.0100 e. The average molecular weight is 288 g/mol. The second-order valence-electron chi connectivity index (χ2n) is 6.82. The van der Waals surface area contributed by atoms with Crippen molar-refractivity contribution in [2.45, 2.75) is 52.4 Å². The predicted molar refractivity (Wildman–Crippen MR) is 74.2 cm³/mol. The normalized spacial score (nSPS) is 29.4. The molecule has 0 aromatic heterocycles. The highest BCUT2D eigenvalue weighted by molar-refractivity contribution is 9.09. The van der Waals surface area contributed by atoms with Crippen molar-refractivity contribution in [1.29, 1.82) is 0 Å². The van der Waals surface area contributed by atoms with E-state index in [2.05, 4.69) is 34.7 Å². The average Bonchev–Trinajstić information content (AvgIpc) is 2.65. The molecule has 2 heteroatoms. The van der Waals surface area contributed by atoms with Crippen LogP contribution in [0, 0.1) is 10.8 Å². The molecule has 0 atom stereocenters. The fourth-order valence-corrected chi connectivity index (χ4v) is 4.35. The van der Waals surface area contributed by atoms with Crippen LogP contribution in [-0.4, -0.2) is 29.9 Å². The minimum Gasteiger partial charge on any atom is -0.302 e. The Hall–Kier alpha value is 0.440. The van der Waals surface area contributed by atoms with Gasteiger partial charge in [0.1, 0.15) is 0 Å². The van der Waals surface area contributed by atoms with Gasteiger partial charge in [0.2, 0.25) is 0 Å². The molecule has 0 unspecified atom stereocenters. The molecule has 2 aliphatic rings. The summed E-state index contributed by atoms with van der Waals surface area (Å²) in [6.45, 7) is 8.82. The number of alkyl halides is 1. The first-order valence-electron chi connectivity index (χ1n) is 6.84. The van der Waals surface area contributed by atoms with Crippen LogP contribution in [0.2, 0.25) is 0 Å². The van der Waals surface area contributed by atoms with Crippen LogP contribution < -0.4 is 0 Å². The smallest absolute Gasteiger partial charge is 0.0100 e. The summed E-state index contributed by atoms with van der Waals surface area (Å²) in [6, 6.07) is 0. The lowest BCUT2D eigenvalue weighted by atomic mass is 9.81. The molecule has 1 nitrogen and oxygen atoms in total. The molecular formula is C14H26BrN. The van der Waals surface area contributed by atoms with E-state index in [1.54, 1.807) is 0 Å². The molecule has 0 bridgehead atoms. The highest BCUT2D eigenvalue weighted by Gasteiger charge is 2.36. The molecule has 2 fully saturated rings. The van der Waals surface area contributed by atoms with Crippen LogP contribution in [0.4, 0.5) is 0 Å². The van der Waals surface area contributed by atoms with Crippen LogP contribution in [0.1, 0.15) is 52.4 Å². The van der Waals surface area contributed by atoms with Crippen molar-refractivity contribution in [1.82, 2.24) is 4.90 Å². The van der Waals surface area contributed by atoms with Crippen molar-refractivity contribution in [3.63, 3.8) is 0 Å². The van der Waals surface area contributed by atoms with Gasteiger partial charge in [0, 0.05) is 18.4 Å². The number of piperidine rings is 1. The quantitative estimate of drug-likeness (QED) is 0.708. The molecule has 2 rings (SSSR count). The van der Waals surface area contributed by atoms with Crippen molar-refractivity contribution >= 4 is 15.9 Å². The molecule has 94 valence electrons. The van der Waals surface area contributed by atoms with E-state index in [1.807, 2.05) is 0 Å². The van der Waals surface area contributed by atoms with Gasteiger partial charge < -0.3 is 4.90 Å². The summed E-state index contributed by atoms with van der Waals surface area (Å²) in [5.41, 5.74) is 1.15. The summed E-state index contributed by atoms with van der Waals surface area (Å²) in [5, 5.41) is 1.21. The number of hydrogen-bond acceptors (Lipinski definition) is 1. The van der Waals surface area contributed by atoms with Crippen LogP contribution in [0.3, 0.4) is 0 Å². The van der Waals surface area contributed by atoms with Gasteiger partial charge in [-0.05, 0) is 43.1 Å². The zero-order chi connectivity index (χ0) is 11.6. The SMILES string of the molecule is CC1(C)CCCN(CC2(CBr)CCCC2)C1. The Morgan fingerprint density at radius 1 is 1.06 bits per heavy atom. The zero-order valence-electron chi connectivity index (χ0n) is 10.9. The van der Waals surface area contributed by atoms with E-state index in [1.165, 1.54) is 63.5 Å². The van der Waals surface area contributed by atoms with E-state index in [0.29, 0.717) is 10.8 Å². The molecule has 1 aliphatic carbocycles. The molecule has 0 aromatic carbocycles. The lowest BCUT2D eigenvalue weighted by Crippen LogP contribution is -2.45. The molecular weight excluding hydrogens is 262 g/mol. The van der Waals surface area contributed by atoms with Crippen LogP contribution >= 0.6 is 15.9 Å². The van der Waals surface area contributed by atoms with Gasteiger partial charge in [-0.25, -0.2) is 0 Å². The molecule has 0 radical (unpaired) electrons. The number of rotatable bonds is 3. The maximum atomic E-state index is 3.76. The standard InChI is InChI=1S/C14H26BrN/c1-13(2)6-5-9-16(11-13)12-14(10-15)7-3-4-8-14/h3-12H2,1-2H3. The molecule has 0 spiro atoms. The Kier molecular flexibility index (Phi) is 4.01. The molecule has 0 N–H and O–H groups in total. The Morgan fingerprint density at radius 3 is 2.31 bits per heavy atom. The zero-order valence-corrected chi connectivity index (χ0v) is 12.5. The molecule has 16 heavy (non-hydrogen) atoms. The van der Waals surface area contributed by atoms with E-state index in [-0.39, 0.29) is 0 Å². The van der Waals surface area contributed by atoms with Crippen LogP contribution in [-0.2, 0) is 0 Å². The first kappa shape index (κ1) is 12.9. The second-order valence-corrected chi connectivity index (χ2v) is 7.38. The van der Waals surface area contributed by atoms with E-state index < -0.39 is 0 Å². The van der Waals surface area contributed by atoms with E-state index in [0.717, 1.165) is 0 Å². The molecule has 0 amide bonds. The topological polar surface area (TPSA) is 3.24 Å². The number of hydrogen-bond donors (Lipinski definition) is 0.